The Balaban J connectivity index is 2.03. The van der Waals surface area contributed by atoms with Crippen molar-refractivity contribution < 1.29 is 9.47 Å². The Labute approximate surface area is 107 Å². The lowest BCUT2D eigenvalue weighted by Crippen LogP contribution is -2.02. The van der Waals surface area contributed by atoms with E-state index >= 15 is 0 Å². The first-order chi connectivity index (χ1) is 8.81. The van der Waals surface area contributed by atoms with Gasteiger partial charge in [-0.3, -0.25) is 0 Å². The number of methoxy groups -OCH3 is 1. The Kier molecular flexibility index (Phi) is 4.20. The SMILES string of the molecule is COc1ccc(Oc2ccc(CCN)cc2)cc1. The van der Waals surface area contributed by atoms with E-state index in [4.69, 9.17) is 15.2 Å². The second kappa shape index (κ2) is 6.07. The first-order valence-electron chi connectivity index (χ1n) is 5.93. The molecule has 2 aromatic rings. The van der Waals surface area contributed by atoms with Gasteiger partial charge in [-0.05, 0) is 54.9 Å². The minimum Gasteiger partial charge on any atom is -0.497 e. The van der Waals surface area contributed by atoms with Crippen molar-refractivity contribution in [2.75, 3.05) is 13.7 Å². The largest absolute Gasteiger partial charge is 0.497 e. The van der Waals surface area contributed by atoms with E-state index in [-0.39, 0.29) is 0 Å². The Morgan fingerprint density at radius 3 is 1.83 bits per heavy atom. The molecule has 0 amide bonds. The van der Waals surface area contributed by atoms with Gasteiger partial charge >= 0.3 is 0 Å². The fraction of sp³-hybridized carbons (Fsp3) is 0.200. The minimum absolute atomic E-state index is 0.665. The highest BCUT2D eigenvalue weighted by Crippen LogP contribution is 2.23. The summed E-state index contributed by atoms with van der Waals surface area (Å²) in [4.78, 5) is 0. The number of benzene rings is 2. The van der Waals surface area contributed by atoms with Crippen molar-refractivity contribution in [3.05, 3.63) is 54.1 Å². The number of hydrogen-bond acceptors (Lipinski definition) is 3. The highest BCUT2D eigenvalue weighted by Gasteiger charge is 1.98. The molecule has 0 unspecified atom stereocenters. The highest BCUT2D eigenvalue weighted by atomic mass is 16.5. The minimum atomic E-state index is 0.665. The summed E-state index contributed by atoms with van der Waals surface area (Å²) in [6.07, 6.45) is 0.892. The molecule has 0 aromatic heterocycles. The Morgan fingerprint density at radius 2 is 1.33 bits per heavy atom. The molecule has 94 valence electrons. The molecule has 0 atom stereocenters. The lowest BCUT2D eigenvalue weighted by atomic mass is 10.1. The molecule has 2 aromatic carbocycles. The van der Waals surface area contributed by atoms with Gasteiger partial charge in [0.15, 0.2) is 0 Å². The predicted octanol–water partition coefficient (Wildman–Crippen LogP) is 2.99. The number of rotatable bonds is 5. The zero-order valence-corrected chi connectivity index (χ0v) is 10.4. The quantitative estimate of drug-likeness (QED) is 0.878. The fourth-order valence-electron chi connectivity index (χ4n) is 1.67. The smallest absolute Gasteiger partial charge is 0.127 e. The van der Waals surface area contributed by atoms with Gasteiger partial charge in [0.1, 0.15) is 17.2 Å². The summed E-state index contributed by atoms with van der Waals surface area (Å²) < 4.78 is 10.8. The van der Waals surface area contributed by atoms with Crippen molar-refractivity contribution in [2.45, 2.75) is 6.42 Å². The molecule has 0 radical (unpaired) electrons. The Bertz CT molecular complexity index is 477. The Hall–Kier alpha value is -2.00. The zero-order chi connectivity index (χ0) is 12.8. The van der Waals surface area contributed by atoms with Gasteiger partial charge in [-0.15, -0.1) is 0 Å². The van der Waals surface area contributed by atoms with Crippen LogP contribution in [0.15, 0.2) is 48.5 Å². The van der Waals surface area contributed by atoms with Crippen molar-refractivity contribution in [3.63, 3.8) is 0 Å². The van der Waals surface area contributed by atoms with Crippen molar-refractivity contribution in [1.82, 2.24) is 0 Å². The average Bonchev–Trinajstić information content (AvgIpc) is 2.42. The molecular weight excluding hydrogens is 226 g/mol. The first-order valence-corrected chi connectivity index (χ1v) is 5.93. The molecule has 2 N–H and O–H groups in total. The summed E-state index contributed by atoms with van der Waals surface area (Å²) in [7, 11) is 1.64. The van der Waals surface area contributed by atoms with Crippen LogP contribution in [0.1, 0.15) is 5.56 Å². The summed E-state index contributed by atoms with van der Waals surface area (Å²) in [5.74, 6) is 2.43. The molecule has 0 heterocycles. The van der Waals surface area contributed by atoms with Crippen LogP contribution in [0.4, 0.5) is 0 Å². The van der Waals surface area contributed by atoms with Crippen LogP contribution in [0.5, 0.6) is 17.2 Å². The molecule has 0 bridgehead atoms. The van der Waals surface area contributed by atoms with Crippen molar-refractivity contribution in [2.24, 2.45) is 5.73 Å². The fourth-order valence-corrected chi connectivity index (χ4v) is 1.67. The summed E-state index contributed by atoms with van der Waals surface area (Å²) in [6.45, 7) is 0.665. The molecule has 0 spiro atoms. The second-order valence-corrected chi connectivity index (χ2v) is 3.96. The third-order valence-corrected chi connectivity index (χ3v) is 2.65. The van der Waals surface area contributed by atoms with Gasteiger partial charge in [0.25, 0.3) is 0 Å². The Morgan fingerprint density at radius 1 is 0.833 bits per heavy atom. The molecule has 0 fully saturated rings. The van der Waals surface area contributed by atoms with Gasteiger partial charge in [-0.25, -0.2) is 0 Å². The molecule has 0 aliphatic rings. The van der Waals surface area contributed by atoms with Gasteiger partial charge in [0, 0.05) is 0 Å². The topological polar surface area (TPSA) is 44.5 Å². The summed E-state index contributed by atoms with van der Waals surface area (Å²) in [6, 6.07) is 15.5. The van der Waals surface area contributed by atoms with Crippen molar-refractivity contribution in [1.29, 1.82) is 0 Å². The maximum Gasteiger partial charge on any atom is 0.127 e. The lowest BCUT2D eigenvalue weighted by molar-refractivity contribution is 0.413. The highest BCUT2D eigenvalue weighted by molar-refractivity contribution is 5.36. The molecule has 0 aliphatic heterocycles. The van der Waals surface area contributed by atoms with Crippen LogP contribution in [0.3, 0.4) is 0 Å². The number of ether oxygens (including phenoxy) is 2. The molecular formula is C15H17NO2. The summed E-state index contributed by atoms with van der Waals surface area (Å²) in [5, 5.41) is 0. The lowest BCUT2D eigenvalue weighted by Gasteiger charge is -2.07. The first kappa shape index (κ1) is 12.5. The number of hydrogen-bond donors (Lipinski definition) is 1. The van der Waals surface area contributed by atoms with Gasteiger partial charge in [-0.2, -0.15) is 0 Å². The van der Waals surface area contributed by atoms with Crippen LogP contribution >= 0.6 is 0 Å². The summed E-state index contributed by atoms with van der Waals surface area (Å²) in [5.41, 5.74) is 6.73. The van der Waals surface area contributed by atoms with E-state index in [2.05, 4.69) is 0 Å². The predicted molar refractivity (Wildman–Crippen MR) is 72.3 cm³/mol. The summed E-state index contributed by atoms with van der Waals surface area (Å²) >= 11 is 0. The maximum atomic E-state index is 5.72. The third kappa shape index (κ3) is 3.25. The van der Waals surface area contributed by atoms with Gasteiger partial charge in [0.05, 0.1) is 7.11 Å². The molecule has 3 nitrogen and oxygen atoms in total. The van der Waals surface area contributed by atoms with E-state index < -0.39 is 0 Å². The van der Waals surface area contributed by atoms with E-state index in [1.807, 2.05) is 48.5 Å². The van der Waals surface area contributed by atoms with Crippen LogP contribution in [0, 0.1) is 0 Å². The third-order valence-electron chi connectivity index (χ3n) is 2.65. The standard InChI is InChI=1S/C15H17NO2/c1-17-13-6-8-15(9-7-13)18-14-4-2-12(3-5-14)10-11-16/h2-9H,10-11,16H2,1H3. The average molecular weight is 243 g/mol. The molecule has 0 aliphatic carbocycles. The van der Waals surface area contributed by atoms with Crippen LogP contribution in [-0.2, 0) is 6.42 Å². The van der Waals surface area contributed by atoms with Crippen molar-refractivity contribution >= 4 is 0 Å². The maximum absolute atomic E-state index is 5.72. The molecule has 3 heteroatoms. The molecule has 2 rings (SSSR count). The van der Waals surface area contributed by atoms with Gasteiger partial charge in [-0.1, -0.05) is 12.1 Å². The van der Waals surface area contributed by atoms with Crippen LogP contribution in [0.25, 0.3) is 0 Å². The van der Waals surface area contributed by atoms with E-state index in [1.54, 1.807) is 7.11 Å². The van der Waals surface area contributed by atoms with Crippen molar-refractivity contribution in [3.8, 4) is 17.2 Å². The number of nitrogens with two attached hydrogens (primary N) is 1. The molecule has 18 heavy (non-hydrogen) atoms. The zero-order valence-electron chi connectivity index (χ0n) is 10.4. The van der Waals surface area contributed by atoms with Gasteiger partial charge < -0.3 is 15.2 Å². The van der Waals surface area contributed by atoms with Crippen LogP contribution in [0.2, 0.25) is 0 Å². The monoisotopic (exact) mass is 243 g/mol. The van der Waals surface area contributed by atoms with E-state index in [1.165, 1.54) is 5.56 Å². The second-order valence-electron chi connectivity index (χ2n) is 3.96. The van der Waals surface area contributed by atoms with Gasteiger partial charge in [0.2, 0.25) is 0 Å². The van der Waals surface area contributed by atoms with E-state index in [9.17, 15) is 0 Å². The normalized spacial score (nSPS) is 10.1. The van der Waals surface area contributed by atoms with Crippen LogP contribution in [-0.4, -0.2) is 13.7 Å². The van der Waals surface area contributed by atoms with Crippen LogP contribution < -0.4 is 15.2 Å². The molecule has 0 saturated heterocycles. The van der Waals surface area contributed by atoms with E-state index in [0.29, 0.717) is 6.54 Å². The van der Waals surface area contributed by atoms with E-state index in [0.717, 1.165) is 23.7 Å². The molecule has 0 saturated carbocycles.